The molecular formula is C9H9BrCl2N2O2. The van der Waals surface area contributed by atoms with Gasteiger partial charge in [-0.3, -0.25) is 0 Å². The van der Waals surface area contributed by atoms with Gasteiger partial charge in [-0.05, 0) is 22.0 Å². The van der Waals surface area contributed by atoms with E-state index >= 15 is 0 Å². The van der Waals surface area contributed by atoms with E-state index in [1.807, 2.05) is 0 Å². The molecule has 1 aromatic carbocycles. The first-order valence-electron chi connectivity index (χ1n) is 4.28. The van der Waals surface area contributed by atoms with Gasteiger partial charge >= 0.3 is 0 Å². The lowest BCUT2D eigenvalue weighted by Crippen LogP contribution is -2.15. The maximum atomic E-state index is 8.32. The molecule has 88 valence electrons. The van der Waals surface area contributed by atoms with Gasteiger partial charge in [0.15, 0.2) is 0 Å². The van der Waals surface area contributed by atoms with Crippen LogP contribution in [0.5, 0.6) is 5.75 Å². The second-order valence-corrected chi connectivity index (χ2v) is 4.56. The van der Waals surface area contributed by atoms with Crippen molar-refractivity contribution in [2.75, 3.05) is 6.61 Å². The fourth-order valence-electron chi connectivity index (χ4n) is 0.930. The molecule has 0 fully saturated rings. The first-order valence-corrected chi connectivity index (χ1v) is 5.83. The predicted octanol–water partition coefficient (Wildman–Crippen LogP) is 3.27. The predicted molar refractivity (Wildman–Crippen MR) is 67.7 cm³/mol. The Morgan fingerprint density at radius 1 is 1.44 bits per heavy atom. The summed E-state index contributed by atoms with van der Waals surface area (Å²) in [5, 5.41) is 12.1. The Labute approximate surface area is 111 Å². The number of nitrogens with zero attached hydrogens (tertiary/aromatic N) is 1. The molecule has 0 saturated heterocycles. The van der Waals surface area contributed by atoms with Crippen LogP contribution in [0.25, 0.3) is 0 Å². The topological polar surface area (TPSA) is 67.8 Å². The summed E-state index contributed by atoms with van der Waals surface area (Å²) in [7, 11) is 0. The van der Waals surface area contributed by atoms with E-state index in [1.54, 1.807) is 12.1 Å². The normalized spacial score (nSPS) is 11.6. The minimum absolute atomic E-state index is 0.0966. The summed E-state index contributed by atoms with van der Waals surface area (Å²) in [5.74, 6) is 0.555. The van der Waals surface area contributed by atoms with Gasteiger partial charge in [-0.1, -0.05) is 28.4 Å². The highest BCUT2D eigenvalue weighted by Crippen LogP contribution is 2.34. The Bertz CT molecular complexity index is 413. The Balaban J connectivity index is 2.64. The molecule has 7 heteroatoms. The van der Waals surface area contributed by atoms with Crippen molar-refractivity contribution in [2.24, 2.45) is 10.9 Å². The summed E-state index contributed by atoms with van der Waals surface area (Å²) in [4.78, 5) is 0. The van der Waals surface area contributed by atoms with Crippen molar-refractivity contribution in [3.63, 3.8) is 0 Å². The SMILES string of the molecule is N/C(CCOc1cc(Cl)c(Br)cc1Cl)=N/O. The van der Waals surface area contributed by atoms with Crippen LogP contribution < -0.4 is 10.5 Å². The summed E-state index contributed by atoms with van der Waals surface area (Å²) < 4.78 is 6.03. The number of nitrogens with two attached hydrogens (primary N) is 1. The second-order valence-electron chi connectivity index (χ2n) is 2.89. The Hall–Kier alpha value is -0.650. The average Bonchev–Trinajstić information content (AvgIpc) is 2.25. The third-order valence-electron chi connectivity index (χ3n) is 1.72. The van der Waals surface area contributed by atoms with Crippen molar-refractivity contribution in [1.29, 1.82) is 0 Å². The third kappa shape index (κ3) is 3.73. The molecule has 0 amide bonds. The standard InChI is InChI=1S/C9H9BrCl2N2O2/c10-5-3-7(12)8(4-6(5)11)16-2-1-9(13)14-15/h3-4,15H,1-2H2,(H2,13,14). The summed E-state index contributed by atoms with van der Waals surface area (Å²) in [6.07, 6.45) is 0.306. The van der Waals surface area contributed by atoms with Gasteiger partial charge in [0.05, 0.1) is 16.7 Å². The highest BCUT2D eigenvalue weighted by atomic mass is 79.9. The van der Waals surface area contributed by atoms with Gasteiger partial charge in [-0.2, -0.15) is 0 Å². The van der Waals surface area contributed by atoms with Crippen molar-refractivity contribution in [2.45, 2.75) is 6.42 Å². The van der Waals surface area contributed by atoms with E-state index in [4.69, 9.17) is 38.9 Å². The number of rotatable bonds is 4. The van der Waals surface area contributed by atoms with Crippen LogP contribution in [0.2, 0.25) is 10.0 Å². The molecule has 1 rings (SSSR count). The van der Waals surface area contributed by atoms with E-state index in [0.717, 1.165) is 0 Å². The zero-order valence-electron chi connectivity index (χ0n) is 8.08. The molecule has 16 heavy (non-hydrogen) atoms. The Morgan fingerprint density at radius 3 is 2.75 bits per heavy atom. The molecule has 0 aliphatic rings. The maximum absolute atomic E-state index is 8.32. The smallest absolute Gasteiger partial charge is 0.142 e. The molecule has 0 aliphatic carbocycles. The Morgan fingerprint density at radius 2 is 2.12 bits per heavy atom. The third-order valence-corrected chi connectivity index (χ3v) is 3.21. The number of hydrogen-bond acceptors (Lipinski definition) is 3. The van der Waals surface area contributed by atoms with Crippen LogP contribution >= 0.6 is 39.1 Å². The average molecular weight is 328 g/mol. The van der Waals surface area contributed by atoms with Gasteiger partial charge < -0.3 is 15.7 Å². The van der Waals surface area contributed by atoms with Gasteiger partial charge in [0.2, 0.25) is 0 Å². The number of ether oxygens (including phenoxy) is 1. The van der Waals surface area contributed by atoms with E-state index in [2.05, 4.69) is 21.1 Å². The first-order chi connectivity index (χ1) is 7.54. The van der Waals surface area contributed by atoms with Crippen molar-refractivity contribution >= 4 is 45.0 Å². The molecule has 0 aliphatic heterocycles. The molecule has 0 bridgehead atoms. The minimum atomic E-state index is 0.0966. The molecule has 4 nitrogen and oxygen atoms in total. The lowest BCUT2D eigenvalue weighted by atomic mass is 10.3. The van der Waals surface area contributed by atoms with Gasteiger partial charge in [-0.15, -0.1) is 0 Å². The van der Waals surface area contributed by atoms with Crippen molar-refractivity contribution in [1.82, 2.24) is 0 Å². The zero-order chi connectivity index (χ0) is 12.1. The molecule has 0 spiro atoms. The molecule has 3 N–H and O–H groups in total. The van der Waals surface area contributed by atoms with Crippen LogP contribution in [0.3, 0.4) is 0 Å². The molecule has 1 aromatic rings. The molecular weight excluding hydrogens is 319 g/mol. The van der Waals surface area contributed by atoms with Crippen LogP contribution in [0.15, 0.2) is 21.8 Å². The highest BCUT2D eigenvalue weighted by molar-refractivity contribution is 9.10. The van der Waals surface area contributed by atoms with Crippen LogP contribution in [0, 0.1) is 0 Å². The van der Waals surface area contributed by atoms with E-state index in [0.29, 0.717) is 26.7 Å². The first kappa shape index (κ1) is 13.4. The van der Waals surface area contributed by atoms with E-state index in [9.17, 15) is 0 Å². The number of amidine groups is 1. The van der Waals surface area contributed by atoms with E-state index in [-0.39, 0.29) is 12.4 Å². The van der Waals surface area contributed by atoms with Crippen molar-refractivity contribution in [3.05, 3.63) is 26.7 Å². The fraction of sp³-hybridized carbons (Fsp3) is 0.222. The molecule has 0 radical (unpaired) electrons. The van der Waals surface area contributed by atoms with E-state index in [1.165, 1.54) is 0 Å². The van der Waals surface area contributed by atoms with Crippen molar-refractivity contribution < 1.29 is 9.94 Å². The second kappa shape index (κ2) is 6.18. The molecule has 0 heterocycles. The number of hydrogen-bond donors (Lipinski definition) is 2. The molecule has 0 saturated carbocycles. The van der Waals surface area contributed by atoms with Crippen LogP contribution in [0.4, 0.5) is 0 Å². The summed E-state index contributed by atoms with van der Waals surface area (Å²) >= 11 is 15.0. The summed E-state index contributed by atoms with van der Waals surface area (Å²) in [6, 6.07) is 3.24. The van der Waals surface area contributed by atoms with Gasteiger partial charge in [0.25, 0.3) is 0 Å². The fourth-order valence-corrected chi connectivity index (χ4v) is 1.78. The maximum Gasteiger partial charge on any atom is 0.142 e. The zero-order valence-corrected chi connectivity index (χ0v) is 11.2. The van der Waals surface area contributed by atoms with Gasteiger partial charge in [0, 0.05) is 17.0 Å². The minimum Gasteiger partial charge on any atom is -0.492 e. The monoisotopic (exact) mass is 326 g/mol. The largest absolute Gasteiger partial charge is 0.492 e. The molecule has 0 unspecified atom stereocenters. The van der Waals surface area contributed by atoms with Crippen LogP contribution in [0.1, 0.15) is 6.42 Å². The molecule has 0 aromatic heterocycles. The number of halogens is 3. The van der Waals surface area contributed by atoms with Gasteiger partial charge in [0.1, 0.15) is 11.6 Å². The van der Waals surface area contributed by atoms with Gasteiger partial charge in [-0.25, -0.2) is 0 Å². The molecule has 0 atom stereocenters. The Kier molecular flexibility index (Phi) is 5.18. The lowest BCUT2D eigenvalue weighted by molar-refractivity contribution is 0.305. The van der Waals surface area contributed by atoms with Crippen molar-refractivity contribution in [3.8, 4) is 5.75 Å². The summed E-state index contributed by atoms with van der Waals surface area (Å²) in [5.41, 5.74) is 5.28. The quantitative estimate of drug-likeness (QED) is 0.293. The lowest BCUT2D eigenvalue weighted by Gasteiger charge is -2.08. The van der Waals surface area contributed by atoms with E-state index < -0.39 is 0 Å². The summed E-state index contributed by atoms with van der Waals surface area (Å²) in [6.45, 7) is 0.258. The number of oxime groups is 1. The van der Waals surface area contributed by atoms with Crippen LogP contribution in [-0.2, 0) is 0 Å². The number of benzene rings is 1. The highest BCUT2D eigenvalue weighted by Gasteiger charge is 2.06. The van der Waals surface area contributed by atoms with Crippen LogP contribution in [-0.4, -0.2) is 17.6 Å².